The normalized spacial score (nSPS) is 12.4. The number of likely N-dealkylation sites (N-methyl/N-ethyl adjacent to an activating group) is 1. The summed E-state index contributed by atoms with van der Waals surface area (Å²) in [5.41, 5.74) is 8.27. The molecule has 10 heteroatoms. The van der Waals surface area contributed by atoms with Gasteiger partial charge in [0, 0.05) is 6.54 Å². The van der Waals surface area contributed by atoms with E-state index in [4.69, 9.17) is 28.4 Å². The van der Waals surface area contributed by atoms with Crippen molar-refractivity contribution in [2.45, 2.75) is 181 Å². The summed E-state index contributed by atoms with van der Waals surface area (Å²) in [4.78, 5) is 38.2. The first-order valence-corrected chi connectivity index (χ1v) is 22.1. The molecule has 56 heavy (non-hydrogen) atoms. The van der Waals surface area contributed by atoms with Crippen LogP contribution in [-0.4, -0.2) is 83.1 Å². The lowest BCUT2D eigenvalue weighted by Crippen LogP contribution is -2.23. The molecule has 3 unspecified atom stereocenters. The lowest BCUT2D eigenvalue weighted by atomic mass is 9.98. The molecule has 3 atom stereocenters. The second kappa shape index (κ2) is 40.1. The van der Waals surface area contributed by atoms with Crippen molar-refractivity contribution >= 4 is 18.5 Å². The molecule has 0 fully saturated rings. The van der Waals surface area contributed by atoms with E-state index < -0.39 is 18.5 Å². The van der Waals surface area contributed by atoms with Gasteiger partial charge in [0.05, 0.1) is 26.4 Å². The van der Waals surface area contributed by atoms with Crippen molar-refractivity contribution in [2.75, 3.05) is 53.7 Å². The highest BCUT2D eigenvalue weighted by Crippen LogP contribution is 2.19. The van der Waals surface area contributed by atoms with Gasteiger partial charge in [0.2, 0.25) is 0 Å². The van der Waals surface area contributed by atoms with Crippen molar-refractivity contribution in [3.8, 4) is 0 Å². The predicted octanol–water partition coefficient (Wildman–Crippen LogP) is 12.7. The Morgan fingerprint density at radius 2 is 1.02 bits per heavy atom. The molecule has 0 aromatic heterocycles. The van der Waals surface area contributed by atoms with Gasteiger partial charge in [0.15, 0.2) is 0 Å². The molecule has 0 aliphatic carbocycles. The van der Waals surface area contributed by atoms with Gasteiger partial charge >= 0.3 is 18.5 Å². The molecule has 0 heterocycles. The van der Waals surface area contributed by atoms with Crippen LogP contribution >= 0.6 is 0 Å². The smallest absolute Gasteiger partial charge is 0.434 e. The van der Waals surface area contributed by atoms with Gasteiger partial charge in [-0.15, -0.1) is 0 Å². The maximum absolute atomic E-state index is 12.4. The fraction of sp³-hybridized carbons (Fsp3) is 0.826. The molecule has 0 radical (unpaired) electrons. The molecule has 0 saturated carbocycles. The van der Waals surface area contributed by atoms with Crippen LogP contribution in [0.4, 0.5) is 14.4 Å². The van der Waals surface area contributed by atoms with Crippen molar-refractivity contribution < 1.29 is 42.8 Å². The number of ether oxygens (including phenoxy) is 6. The Hall–Kier alpha value is -3.15. The van der Waals surface area contributed by atoms with E-state index in [1.807, 2.05) is 25.1 Å². The lowest BCUT2D eigenvalue weighted by molar-refractivity contribution is 0.0138. The first-order chi connectivity index (χ1) is 27.2. The minimum absolute atomic E-state index is 0.150. The highest BCUT2D eigenvalue weighted by Gasteiger charge is 2.16. The Bertz CT molecular complexity index is 1080. The topological polar surface area (TPSA) is 110 Å². The number of carbonyl (C=O) groups is 3. The van der Waals surface area contributed by atoms with Crippen molar-refractivity contribution in [2.24, 2.45) is 11.8 Å². The molecular formula is C46H81NO9. The monoisotopic (exact) mass is 792 g/mol. The van der Waals surface area contributed by atoms with Gasteiger partial charge in [0.25, 0.3) is 0 Å². The summed E-state index contributed by atoms with van der Waals surface area (Å²) in [6.45, 7) is 12.6. The largest absolute Gasteiger partial charge is 0.508 e. The van der Waals surface area contributed by atoms with Crippen LogP contribution < -0.4 is 0 Å². The van der Waals surface area contributed by atoms with Crippen molar-refractivity contribution in [1.29, 1.82) is 0 Å². The van der Waals surface area contributed by atoms with E-state index in [0.717, 1.165) is 122 Å². The zero-order chi connectivity index (χ0) is 41.3. The standard InChI is InChI=1S/C46H81NO9/c1-7-10-21-28-41(4)33-38-53-44(48)51-36-26-19-15-13-17-24-31-43(56-46(50)55-40-35-47(5)6)32-25-18-14-16-20-27-37-52-45(49)54-39-34-42(29-22-11-8-2)30-23-12-9-3/h29,41-43H,2,7,9-10,12-21,23-28,30-40H2,1,3-6H3. The van der Waals surface area contributed by atoms with E-state index in [0.29, 0.717) is 45.5 Å². The molecule has 0 bridgehead atoms. The van der Waals surface area contributed by atoms with Gasteiger partial charge in [-0.3, -0.25) is 0 Å². The van der Waals surface area contributed by atoms with Gasteiger partial charge in [-0.25, -0.2) is 14.4 Å². The second-order valence-electron chi connectivity index (χ2n) is 15.4. The van der Waals surface area contributed by atoms with Crippen LogP contribution in [0.1, 0.15) is 175 Å². The minimum atomic E-state index is -0.605. The van der Waals surface area contributed by atoms with E-state index in [1.165, 1.54) is 32.1 Å². The van der Waals surface area contributed by atoms with Crippen LogP contribution in [0.25, 0.3) is 0 Å². The molecular weight excluding hydrogens is 711 g/mol. The minimum Gasteiger partial charge on any atom is -0.434 e. The fourth-order valence-electron chi connectivity index (χ4n) is 6.20. The molecule has 0 amide bonds. The summed E-state index contributed by atoms with van der Waals surface area (Å²) in [7, 11) is 3.87. The Kier molecular flexibility index (Phi) is 37.8. The third-order valence-corrected chi connectivity index (χ3v) is 9.80. The molecule has 0 saturated heterocycles. The molecule has 0 rings (SSSR count). The number of carbonyl (C=O) groups excluding carboxylic acids is 3. The molecule has 0 N–H and O–H groups in total. The van der Waals surface area contributed by atoms with Crippen LogP contribution in [0.15, 0.2) is 29.8 Å². The van der Waals surface area contributed by atoms with Crippen molar-refractivity contribution in [3.63, 3.8) is 0 Å². The number of allylic oxidation sites excluding steroid dienone is 1. The number of hydrogen-bond acceptors (Lipinski definition) is 10. The average Bonchev–Trinajstić information content (AvgIpc) is 3.16. The lowest BCUT2D eigenvalue weighted by Gasteiger charge is -2.18. The SMILES string of the molecule is C=C=C=C=CC(CCCCC)CCOC(=O)OCCCCCCCCC(CCCCCCCCOC(=O)OCCC(C)CCCCC)OC(=O)OCCN(C)C. The van der Waals surface area contributed by atoms with Gasteiger partial charge in [0.1, 0.15) is 12.7 Å². The van der Waals surface area contributed by atoms with Crippen LogP contribution in [0, 0.1) is 11.8 Å². The van der Waals surface area contributed by atoms with Crippen LogP contribution in [-0.2, 0) is 28.4 Å². The molecule has 0 aliphatic heterocycles. The summed E-state index contributed by atoms with van der Waals surface area (Å²) < 4.78 is 32.1. The Labute approximate surface area is 341 Å². The molecule has 10 nitrogen and oxygen atoms in total. The zero-order valence-corrected chi connectivity index (χ0v) is 36.4. The van der Waals surface area contributed by atoms with E-state index in [-0.39, 0.29) is 12.0 Å². The Morgan fingerprint density at radius 3 is 1.55 bits per heavy atom. The van der Waals surface area contributed by atoms with E-state index in [1.54, 1.807) is 0 Å². The quantitative estimate of drug-likeness (QED) is 0.0261. The van der Waals surface area contributed by atoms with Gasteiger partial charge in [-0.2, -0.15) is 0 Å². The number of rotatable bonds is 37. The molecule has 0 aromatic carbocycles. The second-order valence-corrected chi connectivity index (χ2v) is 15.4. The summed E-state index contributed by atoms with van der Waals surface area (Å²) in [6.07, 6.45) is 24.7. The summed E-state index contributed by atoms with van der Waals surface area (Å²) in [5, 5.41) is 0. The van der Waals surface area contributed by atoms with Gasteiger partial charge in [-0.1, -0.05) is 129 Å². The van der Waals surface area contributed by atoms with E-state index >= 15 is 0 Å². The predicted molar refractivity (Wildman–Crippen MR) is 225 cm³/mol. The summed E-state index contributed by atoms with van der Waals surface area (Å²) >= 11 is 0. The maximum atomic E-state index is 12.4. The zero-order valence-electron chi connectivity index (χ0n) is 36.4. The van der Waals surface area contributed by atoms with Crippen LogP contribution in [0.3, 0.4) is 0 Å². The van der Waals surface area contributed by atoms with Gasteiger partial charge in [-0.05, 0) is 102 Å². The Balaban J connectivity index is 4.18. The van der Waals surface area contributed by atoms with Crippen LogP contribution in [0.5, 0.6) is 0 Å². The number of hydrogen-bond donors (Lipinski definition) is 0. The van der Waals surface area contributed by atoms with Crippen molar-refractivity contribution in [1.82, 2.24) is 4.90 Å². The average molecular weight is 792 g/mol. The molecule has 0 aliphatic rings. The first-order valence-electron chi connectivity index (χ1n) is 22.1. The third kappa shape index (κ3) is 37.8. The number of nitrogens with zero attached hydrogens (tertiary/aromatic N) is 1. The fourth-order valence-corrected chi connectivity index (χ4v) is 6.20. The van der Waals surface area contributed by atoms with Crippen LogP contribution in [0.2, 0.25) is 0 Å². The number of unbranched alkanes of at least 4 members (excludes halogenated alkanes) is 14. The first kappa shape index (κ1) is 52.9. The van der Waals surface area contributed by atoms with Gasteiger partial charge < -0.3 is 33.3 Å². The Morgan fingerprint density at radius 1 is 0.554 bits per heavy atom. The van der Waals surface area contributed by atoms with E-state index in [2.05, 4.69) is 44.5 Å². The molecule has 0 spiro atoms. The maximum Gasteiger partial charge on any atom is 0.508 e. The summed E-state index contributed by atoms with van der Waals surface area (Å²) in [6, 6.07) is 0. The van der Waals surface area contributed by atoms with Crippen molar-refractivity contribution in [3.05, 3.63) is 29.8 Å². The molecule has 324 valence electrons. The third-order valence-electron chi connectivity index (χ3n) is 9.80. The highest BCUT2D eigenvalue weighted by molar-refractivity contribution is 5.60. The highest BCUT2D eigenvalue weighted by atomic mass is 16.7. The van der Waals surface area contributed by atoms with E-state index in [9.17, 15) is 14.4 Å². The summed E-state index contributed by atoms with van der Waals surface area (Å²) in [5.74, 6) is 0.838. The molecule has 0 aromatic rings.